The average Bonchev–Trinajstić information content (AvgIpc) is 3.52. The van der Waals surface area contributed by atoms with Gasteiger partial charge in [0.1, 0.15) is 24.3 Å². The quantitative estimate of drug-likeness (QED) is 0.240. The van der Waals surface area contributed by atoms with Crippen LogP contribution < -0.4 is 14.5 Å². The van der Waals surface area contributed by atoms with Gasteiger partial charge in [-0.15, -0.1) is 0 Å². The smallest absolute Gasteiger partial charge is 0.318 e. The summed E-state index contributed by atoms with van der Waals surface area (Å²) in [5, 5.41) is 1.56. The fraction of sp³-hybridized carbons (Fsp3) is 0.471. The topological polar surface area (TPSA) is 78.6 Å². The average molecular weight is 666 g/mol. The predicted molar refractivity (Wildman–Crippen MR) is 177 cm³/mol. The second kappa shape index (κ2) is 13.6. The Morgan fingerprint density at radius 2 is 2.06 bits per heavy atom. The molecule has 0 saturated carbocycles. The number of hydrogen-bond donors (Lipinski definition) is 0. The van der Waals surface area contributed by atoms with Crippen molar-refractivity contribution in [1.29, 1.82) is 0 Å². The molecule has 3 aromatic rings. The van der Waals surface area contributed by atoms with Crippen molar-refractivity contribution in [3.8, 4) is 6.01 Å². The van der Waals surface area contributed by atoms with Crippen molar-refractivity contribution in [1.82, 2.24) is 19.8 Å². The Morgan fingerprint density at radius 3 is 2.79 bits per heavy atom. The van der Waals surface area contributed by atoms with Gasteiger partial charge in [-0.1, -0.05) is 36.4 Å². The van der Waals surface area contributed by atoms with Gasteiger partial charge in [-0.05, 0) is 44.5 Å². The van der Waals surface area contributed by atoms with Crippen LogP contribution in [0.4, 0.5) is 20.3 Å². The maximum atomic E-state index is 14.6. The number of halogens is 3. The summed E-state index contributed by atoms with van der Waals surface area (Å²) in [6.45, 7) is 15.0. The highest BCUT2D eigenvalue weighted by Crippen LogP contribution is 2.39. The van der Waals surface area contributed by atoms with Crippen LogP contribution in [0.25, 0.3) is 15.6 Å². The van der Waals surface area contributed by atoms with Crippen LogP contribution in [0.3, 0.4) is 0 Å². The zero-order valence-electron chi connectivity index (χ0n) is 26.6. The van der Waals surface area contributed by atoms with Crippen LogP contribution in [0, 0.1) is 17.8 Å². The number of piperazine rings is 1. The van der Waals surface area contributed by atoms with E-state index in [0.717, 1.165) is 35.3 Å². The number of benzene rings is 2. The lowest BCUT2D eigenvalue weighted by molar-refractivity contribution is -0.131. The number of hydrogen-bond acceptors (Lipinski definition) is 8. The number of ether oxygens (including phenoxy) is 2. The molecule has 4 heterocycles. The van der Waals surface area contributed by atoms with Gasteiger partial charge in [0, 0.05) is 61.4 Å². The maximum Gasteiger partial charge on any atom is 0.318 e. The van der Waals surface area contributed by atoms with Gasteiger partial charge < -0.3 is 33.9 Å². The molecule has 0 radical (unpaired) electrons. The van der Waals surface area contributed by atoms with Crippen LogP contribution in [0.1, 0.15) is 17.7 Å². The van der Waals surface area contributed by atoms with E-state index in [1.807, 2.05) is 37.2 Å². The molecule has 248 valence electrons. The molecule has 2 atom stereocenters. The van der Waals surface area contributed by atoms with Crippen molar-refractivity contribution in [2.75, 3.05) is 83.0 Å². The molecule has 0 N–H and O–H groups in total. The van der Waals surface area contributed by atoms with E-state index in [0.29, 0.717) is 63.6 Å². The lowest BCUT2D eigenvalue weighted by Gasteiger charge is -2.41. The van der Waals surface area contributed by atoms with Crippen LogP contribution in [0.2, 0.25) is 5.02 Å². The molecule has 2 fully saturated rings. The fourth-order valence-electron chi connectivity index (χ4n) is 7.03. The third-order valence-corrected chi connectivity index (χ3v) is 9.57. The van der Waals surface area contributed by atoms with Gasteiger partial charge in [-0.25, -0.2) is 15.4 Å². The Morgan fingerprint density at radius 1 is 1.23 bits per heavy atom. The molecule has 0 aliphatic carbocycles. The van der Waals surface area contributed by atoms with Gasteiger partial charge in [0.05, 0.1) is 23.9 Å². The largest absolute Gasteiger partial charge is 0.463 e. The van der Waals surface area contributed by atoms with Gasteiger partial charge in [0.25, 0.3) is 5.91 Å². The van der Waals surface area contributed by atoms with Crippen LogP contribution >= 0.6 is 11.6 Å². The van der Waals surface area contributed by atoms with E-state index in [9.17, 15) is 13.6 Å². The zero-order valence-corrected chi connectivity index (χ0v) is 27.4. The van der Waals surface area contributed by atoms with E-state index < -0.39 is 23.6 Å². The summed E-state index contributed by atoms with van der Waals surface area (Å²) in [6.07, 6.45) is 1.43. The predicted octanol–water partition coefficient (Wildman–Crippen LogP) is 4.75. The number of carbonyl (C=O) groups is 1. The van der Waals surface area contributed by atoms with Gasteiger partial charge >= 0.3 is 6.01 Å². The number of carbonyl (C=O) groups excluding carboxylic acids is 1. The number of anilines is 2. The van der Waals surface area contributed by atoms with E-state index in [2.05, 4.69) is 21.2 Å². The van der Waals surface area contributed by atoms with Gasteiger partial charge in [-0.2, -0.15) is 9.97 Å². The summed E-state index contributed by atoms with van der Waals surface area (Å²) in [7, 11) is 4.05. The van der Waals surface area contributed by atoms with Gasteiger partial charge in [-0.3, -0.25) is 4.79 Å². The minimum Gasteiger partial charge on any atom is -0.463 e. The fourth-order valence-corrected chi connectivity index (χ4v) is 7.30. The van der Waals surface area contributed by atoms with Crippen molar-refractivity contribution in [2.24, 2.45) is 5.41 Å². The SMILES string of the molecule is [C-]#[N+]C[C@H]1CN(c2nc(OCC3(CN(C)C)CCOC3)nc3c2CCN(c2cccc4ccc(F)c(Cl)c24)C3)CCN1C(=O)C(=C)F. The molecule has 1 amide bonds. The summed E-state index contributed by atoms with van der Waals surface area (Å²) >= 11 is 6.50. The van der Waals surface area contributed by atoms with Crippen LogP contribution in [-0.4, -0.2) is 105 Å². The number of fused-ring (bicyclic) bond motifs is 2. The standard InChI is InChI=1S/C34H38ClF2N7O3/c1-22(36)32(45)44-14-13-43(17-24(44)16-38-2)31-25-10-12-42(28-7-5-6-23-8-9-26(37)30(35)29(23)28)18-27(25)39-33(40-31)47-21-34(19-41(3)4)11-15-46-20-34/h5-9,24H,1,10-21H2,3-4H3/t24-,34?/m0/s1. The minimum absolute atomic E-state index is 0.0192. The van der Waals surface area contributed by atoms with Crippen LogP contribution in [-0.2, 0) is 22.5 Å². The number of rotatable bonds is 9. The molecule has 47 heavy (non-hydrogen) atoms. The Bertz CT molecular complexity index is 1730. The lowest BCUT2D eigenvalue weighted by atomic mass is 9.88. The molecule has 3 aliphatic heterocycles. The second-order valence-electron chi connectivity index (χ2n) is 12.8. The molecule has 2 aromatic carbocycles. The van der Waals surface area contributed by atoms with E-state index in [1.54, 1.807) is 6.07 Å². The number of amides is 1. The van der Waals surface area contributed by atoms with Gasteiger partial charge in [0.15, 0.2) is 5.83 Å². The maximum absolute atomic E-state index is 14.6. The van der Waals surface area contributed by atoms with Crippen molar-refractivity contribution < 1.29 is 23.0 Å². The van der Waals surface area contributed by atoms with Crippen molar-refractivity contribution in [3.05, 3.63) is 76.3 Å². The lowest BCUT2D eigenvalue weighted by Crippen LogP contribution is -2.57. The van der Waals surface area contributed by atoms with Crippen molar-refractivity contribution in [3.63, 3.8) is 0 Å². The third kappa shape index (κ3) is 6.70. The molecular formula is C34H38ClF2N7O3. The Kier molecular flexibility index (Phi) is 9.50. The van der Waals surface area contributed by atoms with Crippen molar-refractivity contribution >= 4 is 39.8 Å². The van der Waals surface area contributed by atoms with E-state index in [1.165, 1.54) is 11.0 Å². The monoisotopic (exact) mass is 665 g/mol. The first-order chi connectivity index (χ1) is 22.6. The van der Waals surface area contributed by atoms with Crippen LogP contribution in [0.15, 0.2) is 42.7 Å². The third-order valence-electron chi connectivity index (χ3n) is 9.20. The Balaban J connectivity index is 1.36. The molecule has 3 aliphatic rings. The highest BCUT2D eigenvalue weighted by atomic mass is 35.5. The van der Waals surface area contributed by atoms with E-state index >= 15 is 0 Å². The first-order valence-electron chi connectivity index (χ1n) is 15.7. The first kappa shape index (κ1) is 32.9. The molecular weight excluding hydrogens is 628 g/mol. The normalized spacial score (nSPS) is 21.2. The summed E-state index contributed by atoms with van der Waals surface area (Å²) in [5.74, 6) is -1.63. The second-order valence-corrected chi connectivity index (χ2v) is 13.2. The molecule has 10 nitrogen and oxygen atoms in total. The minimum atomic E-state index is -1.04. The highest BCUT2D eigenvalue weighted by Gasteiger charge is 2.39. The Hall–Kier alpha value is -4.05. The molecule has 13 heteroatoms. The summed E-state index contributed by atoms with van der Waals surface area (Å²) < 4.78 is 40.6. The highest BCUT2D eigenvalue weighted by molar-refractivity contribution is 6.36. The molecule has 1 unspecified atom stereocenters. The van der Waals surface area contributed by atoms with E-state index in [-0.39, 0.29) is 29.5 Å². The van der Waals surface area contributed by atoms with Crippen LogP contribution in [0.5, 0.6) is 6.01 Å². The molecule has 2 saturated heterocycles. The first-order valence-corrected chi connectivity index (χ1v) is 16.1. The molecule has 1 aromatic heterocycles. The summed E-state index contributed by atoms with van der Waals surface area (Å²) in [5.41, 5.74) is 2.31. The zero-order chi connectivity index (χ0) is 33.3. The van der Waals surface area contributed by atoms with Crippen molar-refractivity contribution in [2.45, 2.75) is 25.4 Å². The number of nitrogens with zero attached hydrogens (tertiary/aromatic N) is 7. The number of aromatic nitrogens is 2. The van der Waals surface area contributed by atoms with E-state index in [4.69, 9.17) is 37.6 Å². The summed E-state index contributed by atoms with van der Waals surface area (Å²) in [4.78, 5) is 33.6. The molecule has 0 spiro atoms. The molecule has 0 bridgehead atoms. The Labute approximate surface area is 278 Å². The summed E-state index contributed by atoms with van der Waals surface area (Å²) in [6, 6.07) is 8.56. The molecule has 6 rings (SSSR count). The van der Waals surface area contributed by atoms with Gasteiger partial charge in [0.2, 0.25) is 6.54 Å².